The van der Waals surface area contributed by atoms with Gasteiger partial charge in [-0.15, -0.1) is 0 Å². The quantitative estimate of drug-likeness (QED) is 0.0169. The Bertz CT molecular complexity index is 2180. The molecule has 19 nitrogen and oxygen atoms in total. The molecule has 5 rings (SSSR count). The number of nitrogens with one attached hydrogen (secondary N) is 2. The number of carboxylic acid groups (broad SMARTS) is 2. The molecule has 3 aromatic carbocycles. The van der Waals surface area contributed by atoms with Crippen LogP contribution in [-0.4, -0.2) is 129 Å². The number of carboxylic acids is 2. The summed E-state index contributed by atoms with van der Waals surface area (Å²) in [7, 11) is 0. The number of thioether (sulfide) groups is 1. The zero-order valence-corrected chi connectivity index (χ0v) is 72.5. The van der Waals surface area contributed by atoms with Crippen molar-refractivity contribution in [3.8, 4) is 5.75 Å². The normalized spacial score (nSPS) is 10.1. The van der Waals surface area contributed by atoms with E-state index in [0.29, 0.717) is 31.1 Å². The number of rotatable bonds is 20. The number of benzene rings is 3. The number of carbonyl (C=O) groups is 4. The highest BCUT2D eigenvalue weighted by Gasteiger charge is 2.03. The SMILES string of the molecule is CC(C)C.CC(C)O.CCC(=O)O.CCC(C)C.CCC(C)C.CCC(N)=O.CCC1C=NCN1.CCCC(=O)O.CCCC(N)=O.CCCCCN.CCCCN=C(N)N.CCCSC.CCN.CCO.CCS.CCc1c[nH]c2ccccc12.CCc1ccc(O)cc1.CCc1ccccc1. The van der Waals surface area contributed by atoms with Gasteiger partial charge in [0, 0.05) is 74.3 Å². The standard InChI is InChI=1S/C10H11N.C8H10O.C8H10.C5H13N3.C5H10N2.C5H13N.2C5H12.C4H9NO.C4H8O2.C4H10S.C4H10.C3H7NO.C3H6O2.C3H8O.C2H7N.C2H6O.C2H6S/c1-2-8-7-11-10-6-4-3-5-9(8)10;1-2-7-3-5-8(9)6-4-7;1-2-8-6-4-3-5-7-8;1-2-3-4-8-5(6)7;1-2-5-3-6-4-7-5;1-2-3-4-5-6;2*1-4-5(2)3;2*1-2-3-4(5)6;1-3-4-5-2;1-4(2)3;2*1-2-3(4)5;1-3(2)4;3*1-2-3/h3-7,11H,2H2,1H3;3-6,9H,2H2,1H3;3-7H,2H2,1H3;2-4H2,1H3,(H4,6,7,8);3,5,7H,2,4H2,1H3;2-6H2,1H3;2*5H,4H2,1-3H3;2-3H2,1H3,(H2,5,6);2-3H2,1H3,(H,5,6);3-4H2,1-2H3;4H,1-3H3;2H2,1H3,(H2,4,5);2H2,1H3,(H,4,5);3-4H,1-2H3;2-3H2,1H3;2*3H,2H2,1H3. The number of primary amides is 2. The maximum absolute atomic E-state index is 9.82. The van der Waals surface area contributed by atoms with Crippen molar-refractivity contribution in [3.63, 3.8) is 0 Å². The molecule has 1 aromatic heterocycles. The van der Waals surface area contributed by atoms with Crippen molar-refractivity contribution >= 4 is 71.2 Å². The molecule has 1 unspecified atom stereocenters. The van der Waals surface area contributed by atoms with E-state index in [1.165, 1.54) is 71.9 Å². The summed E-state index contributed by atoms with van der Waals surface area (Å²) in [5, 5.41) is 44.7. The number of aliphatic hydroxyl groups is 2. The Morgan fingerprint density at radius 1 is 0.602 bits per heavy atom. The fraction of sp³-hybridized carbons (Fsp3) is 0.683. The number of aliphatic hydroxyl groups excluding tert-OH is 2. The van der Waals surface area contributed by atoms with Crippen LogP contribution < -0.4 is 39.7 Å². The van der Waals surface area contributed by atoms with E-state index in [0.717, 1.165) is 101 Å². The van der Waals surface area contributed by atoms with E-state index >= 15 is 0 Å². The van der Waals surface area contributed by atoms with E-state index < -0.39 is 11.9 Å². The average Bonchev–Trinajstić information content (AvgIpc) is 1.71. The van der Waals surface area contributed by atoms with Crippen molar-refractivity contribution < 1.29 is 44.7 Å². The second-order valence-corrected chi connectivity index (χ2v) is 25.4. The number of phenols is 1. The number of carbonyl (C=O) groups excluding carboxylic acids is 2. The molecule has 103 heavy (non-hydrogen) atoms. The van der Waals surface area contributed by atoms with E-state index in [2.05, 4.69) is 210 Å². The molecule has 2 amide bonds. The Labute approximate surface area is 643 Å². The van der Waals surface area contributed by atoms with Crippen LogP contribution in [0.2, 0.25) is 0 Å². The van der Waals surface area contributed by atoms with Crippen LogP contribution in [0.1, 0.15) is 286 Å². The van der Waals surface area contributed by atoms with Crippen LogP contribution >= 0.6 is 24.4 Å². The number of aliphatic imine (C=N–C) groups is 2. The Kier molecular flexibility index (Phi) is 142. The van der Waals surface area contributed by atoms with Crippen molar-refractivity contribution in [2.45, 2.75) is 301 Å². The van der Waals surface area contributed by atoms with Gasteiger partial charge in [-0.1, -0.05) is 245 Å². The third-order valence-corrected chi connectivity index (χ3v) is 11.9. The molecule has 612 valence electrons. The summed E-state index contributed by atoms with van der Waals surface area (Å²) in [6, 6.07) is 26.7. The first-order chi connectivity index (χ1) is 48.5. The summed E-state index contributed by atoms with van der Waals surface area (Å²) in [6.07, 6.45) is 23.4. The molecule has 1 atom stereocenters. The highest BCUT2D eigenvalue weighted by molar-refractivity contribution is 7.98. The van der Waals surface area contributed by atoms with Crippen LogP contribution in [0.25, 0.3) is 10.9 Å². The Balaban J connectivity index is -0.0000000766. The van der Waals surface area contributed by atoms with E-state index in [4.69, 9.17) is 54.2 Å². The van der Waals surface area contributed by atoms with Gasteiger partial charge in [0.05, 0.1) is 6.67 Å². The molecule has 0 aliphatic carbocycles. The van der Waals surface area contributed by atoms with Crippen LogP contribution in [-0.2, 0) is 38.4 Å². The number of hydrogen-bond acceptors (Lipinski definition) is 14. The van der Waals surface area contributed by atoms with Crippen molar-refractivity contribution in [1.82, 2.24) is 10.3 Å². The molecule has 19 N–H and O–H groups in total. The lowest BCUT2D eigenvalue weighted by Crippen LogP contribution is -2.22. The number of para-hydroxylation sites is 1. The first kappa shape index (κ1) is 127. The van der Waals surface area contributed by atoms with Gasteiger partial charge in [0.1, 0.15) is 5.75 Å². The third-order valence-electron chi connectivity index (χ3n) is 11.1. The van der Waals surface area contributed by atoms with E-state index in [-0.39, 0.29) is 36.9 Å². The average molecular weight is 1500 g/mol. The highest BCUT2D eigenvalue weighted by atomic mass is 32.2. The molecule has 4 aromatic rings. The summed E-state index contributed by atoms with van der Waals surface area (Å²) in [5.41, 5.74) is 34.9. The molecule has 0 bridgehead atoms. The first-order valence-electron chi connectivity index (χ1n) is 38.0. The minimum atomic E-state index is -0.745. The maximum atomic E-state index is 9.82. The zero-order valence-electron chi connectivity index (χ0n) is 70.8. The molecule has 0 saturated heterocycles. The lowest BCUT2D eigenvalue weighted by atomic mass is 10.1. The molecule has 0 fully saturated rings. The Morgan fingerprint density at radius 2 is 1.00 bits per heavy atom. The smallest absolute Gasteiger partial charge is 0.303 e. The van der Waals surface area contributed by atoms with E-state index in [9.17, 15) is 19.2 Å². The first-order valence-corrected chi connectivity index (χ1v) is 40.0. The highest BCUT2D eigenvalue weighted by Crippen LogP contribution is 2.17. The van der Waals surface area contributed by atoms with Crippen LogP contribution in [0.4, 0.5) is 0 Å². The van der Waals surface area contributed by atoms with Crippen LogP contribution in [0, 0.1) is 17.8 Å². The summed E-state index contributed by atoms with van der Waals surface area (Å²) in [6.45, 7) is 54.4. The number of nitrogens with two attached hydrogens (primary N) is 6. The number of aliphatic carboxylic acids is 2. The van der Waals surface area contributed by atoms with Crippen molar-refractivity contribution in [1.29, 1.82) is 0 Å². The van der Waals surface area contributed by atoms with E-state index in [1.807, 2.05) is 63.9 Å². The fourth-order valence-electron chi connectivity index (χ4n) is 4.95. The maximum Gasteiger partial charge on any atom is 0.303 e. The number of aryl methyl sites for hydroxylation is 3. The van der Waals surface area contributed by atoms with Gasteiger partial charge in [-0.05, 0) is 162 Å². The predicted octanol–water partition coefficient (Wildman–Crippen LogP) is 18.8. The monoisotopic (exact) mass is 1500 g/mol. The topological polar surface area (TPSA) is 378 Å². The largest absolute Gasteiger partial charge is 0.508 e. The fourth-order valence-corrected chi connectivity index (χ4v) is 5.36. The van der Waals surface area contributed by atoms with Crippen LogP contribution in [0.15, 0.2) is 95.0 Å². The van der Waals surface area contributed by atoms with Gasteiger partial charge < -0.3 is 64.9 Å². The Hall–Kier alpha value is -5.68. The van der Waals surface area contributed by atoms with Crippen LogP contribution in [0.5, 0.6) is 5.75 Å². The predicted molar refractivity (Wildman–Crippen MR) is 464 cm³/mol. The summed E-state index contributed by atoms with van der Waals surface area (Å²) in [4.78, 5) is 49.4. The number of unbranched alkanes of at least 4 members (excludes halogenated alkanes) is 3. The van der Waals surface area contributed by atoms with Gasteiger partial charge in [0.2, 0.25) is 11.8 Å². The molecular formula is C82H168N10O9S2. The number of thiol groups is 1. The lowest BCUT2D eigenvalue weighted by Gasteiger charge is -1.98. The van der Waals surface area contributed by atoms with Gasteiger partial charge in [-0.2, -0.15) is 24.4 Å². The molecule has 1 aliphatic heterocycles. The summed E-state index contributed by atoms with van der Waals surface area (Å²) < 4.78 is 0. The number of aromatic amines is 1. The molecule has 0 saturated carbocycles. The number of hydrogen-bond donors (Lipinski definition) is 14. The third kappa shape index (κ3) is 168. The lowest BCUT2D eigenvalue weighted by molar-refractivity contribution is -0.137. The number of phenolic OH excluding ortho intramolecular Hbond substituents is 1. The van der Waals surface area contributed by atoms with Gasteiger partial charge in [-0.3, -0.25) is 34.5 Å². The molecule has 21 heteroatoms. The number of aromatic hydroxyl groups is 1. The van der Waals surface area contributed by atoms with Crippen molar-refractivity contribution in [3.05, 3.63) is 102 Å². The molecule has 1 aliphatic rings. The minimum Gasteiger partial charge on any atom is -0.508 e. The number of nitrogens with zero attached hydrogens (tertiary/aromatic N) is 2. The van der Waals surface area contributed by atoms with Crippen molar-refractivity contribution in [2.75, 3.05) is 50.7 Å². The number of amides is 2. The minimum absolute atomic E-state index is 0.167. The van der Waals surface area contributed by atoms with Crippen molar-refractivity contribution in [2.24, 2.45) is 62.1 Å². The molecule has 2 heterocycles. The molecule has 0 spiro atoms. The molecular weight excluding hydrogens is 1330 g/mol. The van der Waals surface area contributed by atoms with Gasteiger partial charge in [-0.25, -0.2) is 0 Å². The van der Waals surface area contributed by atoms with Gasteiger partial charge in [0.25, 0.3) is 0 Å². The zero-order chi connectivity index (χ0) is 83.1. The second-order valence-electron chi connectivity index (χ2n) is 23.8. The van der Waals surface area contributed by atoms with Crippen LogP contribution in [0.3, 0.4) is 0 Å². The number of H-pyrrole nitrogens is 1. The summed E-state index contributed by atoms with van der Waals surface area (Å²) in [5.74, 6) is 3.47. The number of fused-ring (bicyclic) bond motifs is 1. The van der Waals surface area contributed by atoms with E-state index in [1.54, 1.807) is 46.8 Å². The number of aromatic nitrogens is 1. The summed E-state index contributed by atoms with van der Waals surface area (Å²) >= 11 is 5.69. The number of guanidine groups is 1. The second kappa shape index (κ2) is 115. The van der Waals surface area contributed by atoms with Gasteiger partial charge >= 0.3 is 11.9 Å². The Morgan fingerprint density at radius 3 is 1.21 bits per heavy atom. The molecule has 0 radical (unpaired) electrons. The van der Waals surface area contributed by atoms with Gasteiger partial charge in [0.15, 0.2) is 5.96 Å².